The molecule has 0 saturated heterocycles. The average Bonchev–Trinajstić information content (AvgIpc) is 2.20. The van der Waals surface area contributed by atoms with Gasteiger partial charge in [-0.1, -0.05) is 20.4 Å². The van der Waals surface area contributed by atoms with E-state index in [-0.39, 0.29) is 17.7 Å². The molecule has 0 spiro atoms. The van der Waals surface area contributed by atoms with Crippen LogP contribution in [0.3, 0.4) is 0 Å². The van der Waals surface area contributed by atoms with Gasteiger partial charge in [-0.25, -0.2) is 0 Å². The summed E-state index contributed by atoms with van der Waals surface area (Å²) in [6.45, 7) is 7.16. The monoisotopic (exact) mass is 205 g/mol. The van der Waals surface area contributed by atoms with Crippen molar-refractivity contribution in [2.75, 3.05) is 0 Å². The third kappa shape index (κ3) is 6.05. The molecule has 0 fully saturated rings. The van der Waals surface area contributed by atoms with Crippen molar-refractivity contribution >= 4 is 13.0 Å². The Balaban J connectivity index is 0. The van der Waals surface area contributed by atoms with Crippen molar-refractivity contribution in [2.45, 2.75) is 20.5 Å². The second kappa shape index (κ2) is 9.57. The molecule has 0 aromatic heterocycles. The molecule has 80 valence electrons. The smallest absolute Gasteiger partial charge is 0.387 e. The summed E-state index contributed by atoms with van der Waals surface area (Å²) in [5.41, 5.74) is -0.301. The van der Waals surface area contributed by atoms with E-state index >= 15 is 0 Å². The van der Waals surface area contributed by atoms with Gasteiger partial charge >= 0.3 is 6.61 Å². The second-order valence-electron chi connectivity index (χ2n) is 1.61. The standard InChI is InChI=1S/C7H7F2NO2.C2H6/c1-3-6(12-7(8)9)5(4-11)10-2;1-2/h3-4,7H,1-2H2;1-2H3/b6-5+;. The van der Waals surface area contributed by atoms with Crippen LogP contribution < -0.4 is 0 Å². The zero-order valence-electron chi connectivity index (χ0n) is 8.17. The summed E-state index contributed by atoms with van der Waals surface area (Å²) in [5.74, 6) is -0.380. The minimum atomic E-state index is -3.00. The van der Waals surface area contributed by atoms with Crippen molar-refractivity contribution in [3.63, 3.8) is 0 Å². The summed E-state index contributed by atoms with van der Waals surface area (Å²) in [6.07, 6.45) is 1.22. The molecule has 0 unspecified atom stereocenters. The maximum absolute atomic E-state index is 11.6. The molecule has 0 saturated carbocycles. The maximum atomic E-state index is 11.6. The first-order chi connectivity index (χ1) is 6.65. The van der Waals surface area contributed by atoms with Crippen LogP contribution >= 0.6 is 0 Å². The Hall–Kier alpha value is -1.52. The van der Waals surface area contributed by atoms with E-state index in [4.69, 9.17) is 0 Å². The lowest BCUT2D eigenvalue weighted by Crippen LogP contribution is -2.00. The molecule has 0 heterocycles. The predicted molar refractivity (Wildman–Crippen MR) is 51.3 cm³/mol. The zero-order valence-corrected chi connectivity index (χ0v) is 8.17. The Kier molecular flexibility index (Phi) is 10.2. The first-order valence-electron chi connectivity index (χ1n) is 3.89. The van der Waals surface area contributed by atoms with Crippen LogP contribution in [0.2, 0.25) is 0 Å². The molecular formula is C9H13F2NO2. The van der Waals surface area contributed by atoms with Gasteiger partial charge in [0.05, 0.1) is 0 Å². The van der Waals surface area contributed by atoms with E-state index in [1.165, 1.54) is 0 Å². The van der Waals surface area contributed by atoms with Crippen LogP contribution in [-0.4, -0.2) is 19.6 Å². The second-order valence-corrected chi connectivity index (χ2v) is 1.61. The van der Waals surface area contributed by atoms with E-state index < -0.39 is 6.61 Å². The van der Waals surface area contributed by atoms with Crippen LogP contribution in [0.1, 0.15) is 13.8 Å². The van der Waals surface area contributed by atoms with Gasteiger partial charge in [-0.2, -0.15) is 8.78 Å². The number of ether oxygens (including phenoxy) is 1. The number of alkyl halides is 2. The van der Waals surface area contributed by atoms with Gasteiger partial charge in [0.25, 0.3) is 0 Å². The normalized spacial score (nSPS) is 10.6. The Morgan fingerprint density at radius 3 is 2.21 bits per heavy atom. The number of carbonyl (C=O) groups excluding carboxylic acids is 1. The van der Waals surface area contributed by atoms with Crippen molar-refractivity contribution in [1.29, 1.82) is 0 Å². The van der Waals surface area contributed by atoms with Crippen LogP contribution in [0.25, 0.3) is 0 Å². The molecule has 0 N–H and O–H groups in total. The number of hydrogen-bond donors (Lipinski definition) is 0. The SMILES string of the molecule is C=C/C(OC(F)F)=C(/C=O)N=C.CC. The molecule has 5 heteroatoms. The van der Waals surface area contributed by atoms with Crippen LogP contribution in [0.5, 0.6) is 0 Å². The molecule has 0 atom stereocenters. The minimum absolute atomic E-state index is 0.256. The highest BCUT2D eigenvalue weighted by Gasteiger charge is 2.08. The molecular weight excluding hydrogens is 192 g/mol. The Labute approximate surface area is 81.8 Å². The summed E-state index contributed by atoms with van der Waals surface area (Å²) in [5, 5.41) is 0. The van der Waals surface area contributed by atoms with Crippen LogP contribution in [-0.2, 0) is 9.53 Å². The highest BCUT2D eigenvalue weighted by molar-refractivity contribution is 5.75. The van der Waals surface area contributed by atoms with E-state index in [0.29, 0.717) is 0 Å². The highest BCUT2D eigenvalue weighted by Crippen LogP contribution is 2.10. The Morgan fingerprint density at radius 2 is 2.00 bits per heavy atom. The molecule has 0 aliphatic heterocycles. The number of hydrogen-bond acceptors (Lipinski definition) is 3. The summed E-state index contributed by atoms with van der Waals surface area (Å²) in [6, 6.07) is 0. The van der Waals surface area contributed by atoms with Gasteiger partial charge in [0.1, 0.15) is 5.70 Å². The summed E-state index contributed by atoms with van der Waals surface area (Å²) < 4.78 is 27.2. The van der Waals surface area contributed by atoms with E-state index in [2.05, 4.69) is 23.0 Å². The molecule has 0 bridgehead atoms. The fourth-order valence-corrected chi connectivity index (χ4v) is 0.482. The summed E-state index contributed by atoms with van der Waals surface area (Å²) >= 11 is 0. The quantitative estimate of drug-likeness (QED) is 0.227. The molecule has 0 aromatic rings. The lowest BCUT2D eigenvalue weighted by atomic mass is 10.4. The number of nitrogens with zero attached hydrogens (tertiary/aromatic N) is 1. The highest BCUT2D eigenvalue weighted by atomic mass is 19.3. The van der Waals surface area contributed by atoms with Crippen molar-refractivity contribution in [1.82, 2.24) is 0 Å². The minimum Gasteiger partial charge on any atom is -0.432 e. The van der Waals surface area contributed by atoms with E-state index in [9.17, 15) is 13.6 Å². The lowest BCUT2D eigenvalue weighted by Gasteiger charge is -2.04. The first-order valence-corrected chi connectivity index (χ1v) is 3.89. The van der Waals surface area contributed by atoms with Crippen LogP contribution in [0.4, 0.5) is 8.78 Å². The topological polar surface area (TPSA) is 38.7 Å². The van der Waals surface area contributed by atoms with Gasteiger partial charge in [0.2, 0.25) is 0 Å². The molecule has 0 aliphatic rings. The third-order valence-corrected chi connectivity index (χ3v) is 0.936. The van der Waals surface area contributed by atoms with E-state index in [1.54, 1.807) is 0 Å². The van der Waals surface area contributed by atoms with E-state index in [0.717, 1.165) is 6.08 Å². The van der Waals surface area contributed by atoms with Gasteiger partial charge in [-0.05, 0) is 12.8 Å². The number of allylic oxidation sites excluding steroid dienone is 2. The molecule has 0 amide bonds. The van der Waals surface area contributed by atoms with Crippen molar-refractivity contribution < 1.29 is 18.3 Å². The fourth-order valence-electron chi connectivity index (χ4n) is 0.482. The van der Waals surface area contributed by atoms with Gasteiger partial charge in [-0.3, -0.25) is 9.79 Å². The number of carbonyl (C=O) groups is 1. The van der Waals surface area contributed by atoms with Gasteiger partial charge in [-0.15, -0.1) is 0 Å². The number of aldehydes is 1. The molecule has 14 heavy (non-hydrogen) atoms. The van der Waals surface area contributed by atoms with Crippen molar-refractivity contribution in [3.05, 3.63) is 24.1 Å². The molecule has 0 aliphatic carbocycles. The van der Waals surface area contributed by atoms with E-state index in [1.807, 2.05) is 13.8 Å². The van der Waals surface area contributed by atoms with Crippen LogP contribution in [0, 0.1) is 0 Å². The van der Waals surface area contributed by atoms with Crippen molar-refractivity contribution in [3.8, 4) is 0 Å². The summed E-state index contributed by atoms with van der Waals surface area (Å²) in [7, 11) is 0. The van der Waals surface area contributed by atoms with Crippen LogP contribution in [0.15, 0.2) is 29.1 Å². The maximum Gasteiger partial charge on any atom is 0.387 e. The van der Waals surface area contributed by atoms with Gasteiger partial charge in [0.15, 0.2) is 12.0 Å². The largest absolute Gasteiger partial charge is 0.432 e. The van der Waals surface area contributed by atoms with Crippen molar-refractivity contribution in [2.24, 2.45) is 4.99 Å². The number of halogens is 2. The molecule has 0 aromatic carbocycles. The Morgan fingerprint density at radius 1 is 1.50 bits per heavy atom. The molecule has 0 rings (SSSR count). The average molecular weight is 205 g/mol. The number of aliphatic imine (C=N–C) groups is 1. The van der Waals surface area contributed by atoms with Gasteiger partial charge in [0, 0.05) is 0 Å². The van der Waals surface area contributed by atoms with Gasteiger partial charge < -0.3 is 4.74 Å². The third-order valence-electron chi connectivity index (χ3n) is 0.936. The predicted octanol–water partition coefficient (Wildman–Crippen LogP) is 2.55. The zero-order chi connectivity index (χ0) is 11.6. The lowest BCUT2D eigenvalue weighted by molar-refractivity contribution is -0.106. The molecule has 0 radical (unpaired) electrons. The number of rotatable bonds is 5. The fraction of sp³-hybridized carbons (Fsp3) is 0.333. The summed E-state index contributed by atoms with van der Waals surface area (Å²) in [4.78, 5) is 13.3. The Bertz CT molecular complexity index is 215. The molecule has 3 nitrogen and oxygen atoms in total. The first kappa shape index (κ1) is 15.0.